The largest absolute Gasteiger partial charge is 0.451 e. The molecule has 0 atom stereocenters. The number of likely N-dealkylation sites (N-methyl/N-ethyl adjacent to an activating group) is 1. The van der Waals surface area contributed by atoms with Gasteiger partial charge in [-0.15, -0.1) is 0 Å². The van der Waals surface area contributed by atoms with Crippen molar-refractivity contribution in [2.75, 3.05) is 33.2 Å². The van der Waals surface area contributed by atoms with Crippen LogP contribution in [0.3, 0.4) is 0 Å². The average molecular weight is 315 g/mol. The lowest BCUT2D eigenvalue weighted by molar-refractivity contribution is -0.384. The van der Waals surface area contributed by atoms with Crippen molar-refractivity contribution >= 4 is 11.6 Å². The molecule has 3 rings (SSSR count). The molecule has 23 heavy (non-hydrogen) atoms. The van der Waals surface area contributed by atoms with Gasteiger partial charge in [-0.25, -0.2) is 0 Å². The van der Waals surface area contributed by atoms with Crippen molar-refractivity contribution in [1.82, 2.24) is 9.80 Å². The number of rotatable bonds is 3. The molecule has 1 amide bonds. The molecule has 1 aliphatic rings. The number of nitrogens with zero attached hydrogens (tertiary/aromatic N) is 3. The van der Waals surface area contributed by atoms with Crippen LogP contribution >= 0.6 is 0 Å². The Morgan fingerprint density at radius 3 is 2.35 bits per heavy atom. The van der Waals surface area contributed by atoms with Crippen molar-refractivity contribution in [2.45, 2.75) is 0 Å². The number of nitro groups is 1. The molecule has 1 fully saturated rings. The normalized spacial score (nSPS) is 15.6. The number of hydrogen-bond acceptors (Lipinski definition) is 5. The highest BCUT2D eigenvalue weighted by molar-refractivity contribution is 5.92. The maximum atomic E-state index is 12.4. The Morgan fingerprint density at radius 1 is 1.09 bits per heavy atom. The Hall–Kier alpha value is -2.67. The highest BCUT2D eigenvalue weighted by Crippen LogP contribution is 2.25. The van der Waals surface area contributed by atoms with E-state index < -0.39 is 4.92 Å². The molecular weight excluding hydrogens is 298 g/mol. The monoisotopic (exact) mass is 315 g/mol. The Morgan fingerprint density at radius 2 is 1.74 bits per heavy atom. The summed E-state index contributed by atoms with van der Waals surface area (Å²) in [6.45, 7) is 3.06. The van der Waals surface area contributed by atoms with Crippen LogP contribution in [0.5, 0.6) is 0 Å². The van der Waals surface area contributed by atoms with Crippen LogP contribution in [0.2, 0.25) is 0 Å². The summed E-state index contributed by atoms with van der Waals surface area (Å²) in [7, 11) is 2.03. The number of amides is 1. The summed E-state index contributed by atoms with van der Waals surface area (Å²) >= 11 is 0. The van der Waals surface area contributed by atoms with Crippen LogP contribution in [-0.2, 0) is 0 Å². The van der Waals surface area contributed by atoms with E-state index in [1.165, 1.54) is 12.1 Å². The van der Waals surface area contributed by atoms with Crippen molar-refractivity contribution in [2.24, 2.45) is 0 Å². The van der Waals surface area contributed by atoms with E-state index in [9.17, 15) is 14.9 Å². The van der Waals surface area contributed by atoms with E-state index in [2.05, 4.69) is 4.90 Å². The Labute approximate surface area is 133 Å². The number of furan rings is 1. The smallest absolute Gasteiger partial charge is 0.289 e. The van der Waals surface area contributed by atoms with Crippen LogP contribution in [0, 0.1) is 10.1 Å². The lowest BCUT2D eigenvalue weighted by atomic mass is 10.1. The molecule has 120 valence electrons. The third kappa shape index (κ3) is 3.24. The van der Waals surface area contributed by atoms with Gasteiger partial charge in [0, 0.05) is 43.9 Å². The fourth-order valence-electron chi connectivity index (χ4n) is 2.52. The molecule has 2 heterocycles. The van der Waals surface area contributed by atoms with Crippen LogP contribution in [-0.4, -0.2) is 53.9 Å². The van der Waals surface area contributed by atoms with Gasteiger partial charge in [0.2, 0.25) is 0 Å². The topological polar surface area (TPSA) is 79.8 Å². The van der Waals surface area contributed by atoms with Gasteiger partial charge in [0.05, 0.1) is 4.92 Å². The molecule has 7 heteroatoms. The minimum Gasteiger partial charge on any atom is -0.451 e. The molecule has 0 unspecified atom stereocenters. The van der Waals surface area contributed by atoms with Gasteiger partial charge in [-0.2, -0.15) is 0 Å². The molecule has 0 bridgehead atoms. The number of nitro benzene ring substituents is 1. The van der Waals surface area contributed by atoms with E-state index >= 15 is 0 Å². The second-order valence-electron chi connectivity index (χ2n) is 5.56. The van der Waals surface area contributed by atoms with E-state index in [0.717, 1.165) is 13.1 Å². The molecule has 0 aliphatic carbocycles. The predicted molar refractivity (Wildman–Crippen MR) is 84.2 cm³/mol. The van der Waals surface area contributed by atoms with Crippen LogP contribution < -0.4 is 0 Å². The van der Waals surface area contributed by atoms with E-state index in [1.54, 1.807) is 29.2 Å². The second-order valence-corrected chi connectivity index (χ2v) is 5.56. The number of benzene rings is 1. The van der Waals surface area contributed by atoms with Gasteiger partial charge in [-0.05, 0) is 31.3 Å². The predicted octanol–water partition coefficient (Wildman–Crippen LogP) is 2.24. The van der Waals surface area contributed by atoms with Crippen molar-refractivity contribution in [1.29, 1.82) is 0 Å². The van der Waals surface area contributed by atoms with E-state index in [-0.39, 0.29) is 11.6 Å². The maximum Gasteiger partial charge on any atom is 0.289 e. The van der Waals surface area contributed by atoms with Gasteiger partial charge in [0.15, 0.2) is 5.76 Å². The molecule has 2 aromatic rings. The number of non-ortho nitro benzene ring substituents is 1. The van der Waals surface area contributed by atoms with Crippen molar-refractivity contribution in [3.8, 4) is 11.3 Å². The standard InChI is InChI=1S/C16H17N3O4/c1-17-8-10-18(11-9-17)16(20)15-7-6-14(23-15)12-2-4-13(5-3-12)19(21)22/h2-7H,8-11H2,1H3. The number of hydrogen-bond donors (Lipinski definition) is 0. The molecule has 1 aromatic carbocycles. The van der Waals surface area contributed by atoms with Gasteiger partial charge < -0.3 is 14.2 Å². The number of carbonyl (C=O) groups excluding carboxylic acids is 1. The average Bonchev–Trinajstić information content (AvgIpc) is 3.05. The quantitative estimate of drug-likeness (QED) is 0.641. The van der Waals surface area contributed by atoms with Crippen molar-refractivity contribution < 1.29 is 14.1 Å². The van der Waals surface area contributed by atoms with Crippen LogP contribution in [0.1, 0.15) is 10.6 Å². The third-order valence-corrected chi connectivity index (χ3v) is 3.97. The lowest BCUT2D eigenvalue weighted by Crippen LogP contribution is -2.47. The molecule has 1 saturated heterocycles. The molecule has 0 saturated carbocycles. The summed E-state index contributed by atoms with van der Waals surface area (Å²) in [5, 5.41) is 10.7. The molecular formula is C16H17N3O4. The van der Waals surface area contributed by atoms with Crippen LogP contribution in [0.15, 0.2) is 40.8 Å². The van der Waals surface area contributed by atoms with Gasteiger partial charge in [0.1, 0.15) is 5.76 Å². The van der Waals surface area contributed by atoms with Crippen molar-refractivity contribution in [3.63, 3.8) is 0 Å². The van der Waals surface area contributed by atoms with Gasteiger partial charge in [0.25, 0.3) is 11.6 Å². The van der Waals surface area contributed by atoms with E-state index in [4.69, 9.17) is 4.42 Å². The molecule has 1 aliphatic heterocycles. The second kappa shape index (κ2) is 6.21. The first kappa shape index (κ1) is 15.2. The fourth-order valence-corrected chi connectivity index (χ4v) is 2.52. The van der Waals surface area contributed by atoms with Gasteiger partial charge in [-0.1, -0.05) is 0 Å². The summed E-state index contributed by atoms with van der Waals surface area (Å²) in [4.78, 5) is 26.6. The van der Waals surface area contributed by atoms with E-state index in [1.807, 2.05) is 7.05 Å². The summed E-state index contributed by atoms with van der Waals surface area (Å²) in [6.07, 6.45) is 0. The minimum atomic E-state index is -0.450. The molecule has 7 nitrogen and oxygen atoms in total. The van der Waals surface area contributed by atoms with Gasteiger partial charge in [-0.3, -0.25) is 14.9 Å². The summed E-state index contributed by atoms with van der Waals surface area (Å²) in [5.41, 5.74) is 0.724. The highest BCUT2D eigenvalue weighted by atomic mass is 16.6. The Kier molecular flexibility index (Phi) is 4.12. The van der Waals surface area contributed by atoms with E-state index in [0.29, 0.717) is 30.2 Å². The summed E-state index contributed by atoms with van der Waals surface area (Å²) in [6, 6.07) is 9.42. The van der Waals surface area contributed by atoms with Gasteiger partial charge >= 0.3 is 0 Å². The number of carbonyl (C=O) groups is 1. The first-order chi connectivity index (χ1) is 11.0. The summed E-state index contributed by atoms with van der Waals surface area (Å²) in [5.74, 6) is 0.701. The SMILES string of the molecule is CN1CCN(C(=O)c2ccc(-c3ccc([N+](=O)[O-])cc3)o2)CC1. The molecule has 0 radical (unpaired) electrons. The zero-order valence-corrected chi connectivity index (χ0v) is 12.8. The Bertz CT molecular complexity index is 715. The molecule has 1 aromatic heterocycles. The first-order valence-electron chi connectivity index (χ1n) is 7.37. The molecule has 0 spiro atoms. The summed E-state index contributed by atoms with van der Waals surface area (Å²) < 4.78 is 5.64. The zero-order chi connectivity index (χ0) is 16.4. The highest BCUT2D eigenvalue weighted by Gasteiger charge is 2.23. The first-order valence-corrected chi connectivity index (χ1v) is 7.37. The van der Waals surface area contributed by atoms with Crippen molar-refractivity contribution in [3.05, 3.63) is 52.3 Å². The zero-order valence-electron chi connectivity index (χ0n) is 12.8. The third-order valence-electron chi connectivity index (χ3n) is 3.97. The van der Waals surface area contributed by atoms with Crippen LogP contribution in [0.4, 0.5) is 5.69 Å². The minimum absolute atomic E-state index is 0.0223. The maximum absolute atomic E-state index is 12.4. The van der Waals surface area contributed by atoms with Crippen LogP contribution in [0.25, 0.3) is 11.3 Å². The molecule has 0 N–H and O–H groups in total. The fraction of sp³-hybridized carbons (Fsp3) is 0.312. The Balaban J connectivity index is 1.74. The lowest BCUT2D eigenvalue weighted by Gasteiger charge is -2.31. The number of piperazine rings is 1.